The molecule has 1 saturated heterocycles. The third kappa shape index (κ3) is 4.24. The molecule has 4 heterocycles. The first kappa shape index (κ1) is 21.6. The normalized spacial score (nSPS) is 18.6. The van der Waals surface area contributed by atoms with E-state index in [1.54, 1.807) is 11.9 Å². The van der Waals surface area contributed by atoms with Crippen LogP contribution in [0.4, 0.5) is 5.82 Å². The molecule has 2 aliphatic rings. The first-order chi connectivity index (χ1) is 16.0. The number of likely N-dealkylation sites (tertiary alicyclic amines) is 1. The lowest BCUT2D eigenvalue weighted by atomic mass is 9.95. The molecule has 2 aromatic heterocycles. The van der Waals surface area contributed by atoms with Crippen molar-refractivity contribution in [1.82, 2.24) is 19.9 Å². The lowest BCUT2D eigenvalue weighted by Gasteiger charge is -2.33. The molecule has 1 atom stereocenters. The minimum atomic E-state index is 0.0993. The molecule has 0 spiro atoms. The quantitative estimate of drug-likeness (QED) is 0.646. The van der Waals surface area contributed by atoms with Gasteiger partial charge >= 0.3 is 0 Å². The van der Waals surface area contributed by atoms with Crippen molar-refractivity contribution in [3.8, 4) is 0 Å². The van der Waals surface area contributed by atoms with Crippen LogP contribution in [-0.2, 0) is 22.4 Å². The molecule has 172 valence electrons. The van der Waals surface area contributed by atoms with Crippen molar-refractivity contribution in [2.24, 2.45) is 0 Å². The van der Waals surface area contributed by atoms with Gasteiger partial charge in [-0.25, -0.2) is 9.97 Å². The zero-order chi connectivity index (χ0) is 22.9. The van der Waals surface area contributed by atoms with Crippen molar-refractivity contribution < 1.29 is 9.59 Å². The molecule has 1 N–H and O–H groups in total. The Balaban J connectivity index is 1.23. The van der Waals surface area contributed by atoms with Gasteiger partial charge in [0, 0.05) is 67.3 Å². The van der Waals surface area contributed by atoms with Crippen molar-refractivity contribution in [3.63, 3.8) is 0 Å². The van der Waals surface area contributed by atoms with Gasteiger partial charge in [0.2, 0.25) is 11.8 Å². The summed E-state index contributed by atoms with van der Waals surface area (Å²) in [7, 11) is 1.79. The SMILES string of the molecule is Cc1nc(C2CCCN(C(=O)CCCc3c[nH]c4ccccc34)C2)nc2c1CCC(=O)N2C. The van der Waals surface area contributed by atoms with Crippen LogP contribution in [0.3, 0.4) is 0 Å². The van der Waals surface area contributed by atoms with Crippen molar-refractivity contribution in [3.05, 3.63) is 53.1 Å². The number of carbonyl (C=O) groups is 2. The number of nitrogens with one attached hydrogen (secondary N) is 1. The van der Waals surface area contributed by atoms with Crippen LogP contribution in [0, 0.1) is 6.92 Å². The van der Waals surface area contributed by atoms with Crippen LogP contribution >= 0.6 is 0 Å². The van der Waals surface area contributed by atoms with E-state index in [1.807, 2.05) is 17.9 Å². The molecular weight excluding hydrogens is 414 g/mol. The van der Waals surface area contributed by atoms with Gasteiger partial charge < -0.3 is 9.88 Å². The first-order valence-corrected chi connectivity index (χ1v) is 12.0. The van der Waals surface area contributed by atoms with Gasteiger partial charge in [0.15, 0.2) is 0 Å². The maximum atomic E-state index is 13.0. The van der Waals surface area contributed by atoms with Crippen molar-refractivity contribution in [2.75, 3.05) is 25.0 Å². The number of aryl methyl sites for hydroxylation is 2. The number of nitrogens with zero attached hydrogens (tertiary/aromatic N) is 4. The van der Waals surface area contributed by atoms with Crippen molar-refractivity contribution in [2.45, 2.75) is 57.8 Å². The second kappa shape index (κ2) is 8.96. The Bertz CT molecular complexity index is 1200. The number of rotatable bonds is 5. The van der Waals surface area contributed by atoms with E-state index in [2.05, 4.69) is 29.4 Å². The zero-order valence-electron chi connectivity index (χ0n) is 19.4. The lowest BCUT2D eigenvalue weighted by molar-refractivity contribution is -0.132. The second-order valence-corrected chi connectivity index (χ2v) is 9.31. The molecule has 0 saturated carbocycles. The van der Waals surface area contributed by atoms with Crippen LogP contribution in [0.25, 0.3) is 10.9 Å². The number of aromatic amines is 1. The number of hydrogen-bond donors (Lipinski definition) is 1. The fraction of sp³-hybridized carbons (Fsp3) is 0.462. The van der Waals surface area contributed by atoms with E-state index < -0.39 is 0 Å². The average molecular weight is 446 g/mol. The summed E-state index contributed by atoms with van der Waals surface area (Å²) >= 11 is 0. The summed E-state index contributed by atoms with van der Waals surface area (Å²) in [6.07, 6.45) is 7.47. The number of hydrogen-bond acceptors (Lipinski definition) is 4. The van der Waals surface area contributed by atoms with Crippen LogP contribution in [0.5, 0.6) is 0 Å². The molecule has 5 rings (SSSR count). The molecule has 0 bridgehead atoms. The molecule has 1 unspecified atom stereocenters. The molecular formula is C26H31N5O2. The van der Waals surface area contributed by atoms with E-state index in [4.69, 9.17) is 9.97 Å². The monoisotopic (exact) mass is 445 g/mol. The predicted molar refractivity (Wildman–Crippen MR) is 128 cm³/mol. The van der Waals surface area contributed by atoms with Crippen LogP contribution in [0.1, 0.15) is 60.7 Å². The molecule has 7 nitrogen and oxygen atoms in total. The predicted octanol–water partition coefficient (Wildman–Crippen LogP) is 3.90. The minimum Gasteiger partial charge on any atom is -0.361 e. The lowest BCUT2D eigenvalue weighted by Crippen LogP contribution is -2.40. The Morgan fingerprint density at radius 1 is 1.21 bits per heavy atom. The van der Waals surface area contributed by atoms with E-state index >= 15 is 0 Å². The van der Waals surface area contributed by atoms with Gasteiger partial charge in [-0.1, -0.05) is 18.2 Å². The maximum Gasteiger partial charge on any atom is 0.228 e. The number of carbonyl (C=O) groups excluding carboxylic acids is 2. The largest absolute Gasteiger partial charge is 0.361 e. The molecule has 2 amide bonds. The number of para-hydroxylation sites is 1. The van der Waals surface area contributed by atoms with Crippen molar-refractivity contribution in [1.29, 1.82) is 0 Å². The van der Waals surface area contributed by atoms with Gasteiger partial charge in [0.25, 0.3) is 0 Å². The Morgan fingerprint density at radius 3 is 2.94 bits per heavy atom. The fourth-order valence-corrected chi connectivity index (χ4v) is 5.21. The summed E-state index contributed by atoms with van der Waals surface area (Å²) in [5.74, 6) is 1.94. The van der Waals surface area contributed by atoms with E-state index in [0.29, 0.717) is 25.8 Å². The highest BCUT2D eigenvalue weighted by molar-refractivity contribution is 5.94. The van der Waals surface area contributed by atoms with Gasteiger partial charge in [-0.2, -0.15) is 0 Å². The summed E-state index contributed by atoms with van der Waals surface area (Å²) < 4.78 is 0. The Morgan fingerprint density at radius 2 is 2.06 bits per heavy atom. The van der Waals surface area contributed by atoms with E-state index in [0.717, 1.165) is 60.6 Å². The number of anilines is 1. The summed E-state index contributed by atoms with van der Waals surface area (Å²) in [5, 5.41) is 1.24. The number of amides is 2. The highest BCUT2D eigenvalue weighted by Gasteiger charge is 2.30. The second-order valence-electron chi connectivity index (χ2n) is 9.31. The van der Waals surface area contributed by atoms with Crippen LogP contribution in [0.15, 0.2) is 30.5 Å². The molecule has 7 heteroatoms. The Labute approximate surface area is 194 Å². The smallest absolute Gasteiger partial charge is 0.228 e. The molecule has 0 radical (unpaired) electrons. The van der Waals surface area contributed by atoms with Gasteiger partial charge in [-0.3, -0.25) is 14.5 Å². The van der Waals surface area contributed by atoms with Gasteiger partial charge in [-0.15, -0.1) is 0 Å². The maximum absolute atomic E-state index is 13.0. The highest BCUT2D eigenvalue weighted by atomic mass is 16.2. The molecule has 0 aliphatic carbocycles. The molecule has 2 aliphatic heterocycles. The standard InChI is InChI=1S/C26H31N5O2/c1-17-20-12-13-23(32)30(2)26(20)29-25(28-17)19-8-6-14-31(16-19)24(33)11-5-7-18-15-27-22-10-4-3-9-21(18)22/h3-4,9-10,15,19,27H,5-8,11-14,16H2,1-2H3. The molecule has 3 aromatic rings. The van der Waals surface area contributed by atoms with E-state index in [9.17, 15) is 9.59 Å². The topological polar surface area (TPSA) is 82.2 Å². The number of fused-ring (bicyclic) bond motifs is 2. The number of benzene rings is 1. The van der Waals surface area contributed by atoms with Crippen LogP contribution in [0.2, 0.25) is 0 Å². The first-order valence-electron chi connectivity index (χ1n) is 12.0. The fourth-order valence-electron chi connectivity index (χ4n) is 5.21. The summed E-state index contributed by atoms with van der Waals surface area (Å²) in [5.41, 5.74) is 4.44. The van der Waals surface area contributed by atoms with E-state index in [-0.39, 0.29) is 17.7 Å². The molecule has 1 aromatic carbocycles. The number of piperidine rings is 1. The Kier molecular flexibility index (Phi) is 5.87. The summed E-state index contributed by atoms with van der Waals surface area (Å²) in [4.78, 5) is 41.7. The van der Waals surface area contributed by atoms with Crippen LogP contribution in [-0.4, -0.2) is 51.8 Å². The van der Waals surface area contributed by atoms with Gasteiger partial charge in [-0.05, 0) is 50.7 Å². The Hall–Kier alpha value is -3.22. The molecule has 1 fully saturated rings. The third-order valence-corrected chi connectivity index (χ3v) is 7.14. The number of H-pyrrole nitrogens is 1. The molecule has 33 heavy (non-hydrogen) atoms. The average Bonchev–Trinajstić information content (AvgIpc) is 3.24. The van der Waals surface area contributed by atoms with Gasteiger partial charge in [0.1, 0.15) is 11.6 Å². The number of aromatic nitrogens is 3. The van der Waals surface area contributed by atoms with Crippen LogP contribution < -0.4 is 4.90 Å². The van der Waals surface area contributed by atoms with Crippen molar-refractivity contribution >= 4 is 28.5 Å². The summed E-state index contributed by atoms with van der Waals surface area (Å²) in [6, 6.07) is 8.29. The minimum absolute atomic E-state index is 0.0993. The van der Waals surface area contributed by atoms with E-state index in [1.165, 1.54) is 10.9 Å². The summed E-state index contributed by atoms with van der Waals surface area (Å²) in [6.45, 7) is 3.46. The third-order valence-electron chi connectivity index (χ3n) is 7.14. The van der Waals surface area contributed by atoms with Gasteiger partial charge in [0.05, 0.1) is 0 Å². The zero-order valence-corrected chi connectivity index (χ0v) is 19.4. The highest BCUT2D eigenvalue weighted by Crippen LogP contribution is 2.31.